The van der Waals surface area contributed by atoms with Gasteiger partial charge in [0.15, 0.2) is 0 Å². The Morgan fingerprint density at radius 2 is 1.06 bits per heavy atom. The van der Waals surface area contributed by atoms with Crippen LogP contribution in [0.15, 0.2) is 60.7 Å². The van der Waals surface area contributed by atoms with Crippen molar-refractivity contribution in [2.24, 2.45) is 0 Å². The molecule has 2 aromatic rings. The zero-order valence-electron chi connectivity index (χ0n) is 11.9. The summed E-state index contributed by atoms with van der Waals surface area (Å²) in [7, 11) is 5.75. The molecule has 0 spiro atoms. The summed E-state index contributed by atoms with van der Waals surface area (Å²) < 4.78 is 5.75. The monoisotopic (exact) mass is 241 g/mol. The van der Waals surface area contributed by atoms with Crippen molar-refractivity contribution < 1.29 is 1.37 Å². The largest absolute Gasteiger partial charge is 0.0999 e. The molecule has 0 saturated heterocycles. The van der Waals surface area contributed by atoms with E-state index < -0.39 is 0 Å². The molecule has 0 aliphatic carbocycles. The SMILES string of the molecule is C.CC(c1ccccc1)c1ccccc1.[2H]C.[B]C. The average Bonchev–Trinajstić information content (AvgIpc) is 2.52. The number of hydrogen-bond donors (Lipinski definition) is 0. The highest BCUT2D eigenvalue weighted by Gasteiger charge is 2.05. The van der Waals surface area contributed by atoms with E-state index in [1.807, 2.05) is 0 Å². The Kier molecular flexibility index (Phi) is 9.76. The van der Waals surface area contributed by atoms with Gasteiger partial charge in [-0.15, -0.1) is 0 Å². The summed E-state index contributed by atoms with van der Waals surface area (Å²) in [5.41, 5.74) is 2.75. The molecule has 0 N–H and O–H groups in total. The van der Waals surface area contributed by atoms with Gasteiger partial charge in [-0.3, -0.25) is 0 Å². The van der Waals surface area contributed by atoms with Gasteiger partial charge in [0.25, 0.3) is 0 Å². The maximum absolute atomic E-state index is 5.75. The predicted octanol–water partition coefficient (Wildman–Crippen LogP) is 5.31. The summed E-state index contributed by atoms with van der Waals surface area (Å²) in [4.78, 5) is 0. The van der Waals surface area contributed by atoms with Crippen LogP contribution in [0.25, 0.3) is 0 Å². The molecule has 0 aliphatic heterocycles. The van der Waals surface area contributed by atoms with Crippen molar-refractivity contribution in [2.45, 2.75) is 34.5 Å². The topological polar surface area (TPSA) is 0 Å². The van der Waals surface area contributed by atoms with Gasteiger partial charge in [-0.2, -0.15) is 0 Å². The molecule has 2 radical (unpaired) electrons. The Labute approximate surface area is 116 Å². The molecule has 96 valence electrons. The molecule has 0 nitrogen and oxygen atoms in total. The minimum Gasteiger partial charge on any atom is -0.0999 e. The molecule has 2 aromatic carbocycles. The van der Waals surface area contributed by atoms with Gasteiger partial charge < -0.3 is 0 Å². The Morgan fingerprint density at radius 3 is 1.33 bits per heavy atom. The Hall–Kier alpha value is -1.50. The summed E-state index contributed by atoms with van der Waals surface area (Å²) >= 11 is 0. The molecule has 0 aromatic heterocycles. The van der Waals surface area contributed by atoms with E-state index in [9.17, 15) is 0 Å². The summed E-state index contributed by atoms with van der Waals surface area (Å²) in [5.74, 6) is 0.484. The quantitative estimate of drug-likeness (QED) is 0.624. The fraction of sp³-hybridized carbons (Fsp3) is 0.294. The number of hydrogen-bond acceptors (Lipinski definition) is 0. The second kappa shape index (κ2) is 10.6. The molecule has 0 saturated carbocycles. The highest BCUT2D eigenvalue weighted by Crippen LogP contribution is 2.22. The first-order valence-corrected chi connectivity index (χ1v) is 5.55. The third-order valence-electron chi connectivity index (χ3n) is 2.60. The van der Waals surface area contributed by atoms with E-state index in [1.54, 1.807) is 0 Å². The van der Waals surface area contributed by atoms with Gasteiger partial charge >= 0.3 is 0 Å². The molecule has 0 unspecified atom stereocenters. The van der Waals surface area contributed by atoms with Crippen LogP contribution in [-0.2, 0) is 0 Å². The van der Waals surface area contributed by atoms with Crippen molar-refractivity contribution >= 4 is 7.85 Å². The molecule has 0 fully saturated rings. The molecule has 0 heterocycles. The third-order valence-corrected chi connectivity index (χ3v) is 2.60. The first-order valence-electron chi connectivity index (χ1n) is 6.55. The maximum atomic E-state index is 5.75. The maximum Gasteiger partial charge on any atom is 0.0606 e. The molecule has 0 amide bonds. The highest BCUT2D eigenvalue weighted by molar-refractivity contribution is 6.05. The van der Waals surface area contributed by atoms with Gasteiger partial charge in [0.1, 0.15) is 0 Å². The van der Waals surface area contributed by atoms with Crippen LogP contribution in [0.3, 0.4) is 0 Å². The Morgan fingerprint density at radius 1 is 0.778 bits per heavy atom. The lowest BCUT2D eigenvalue weighted by atomic mass is 9.93. The van der Waals surface area contributed by atoms with E-state index in [0.717, 1.165) is 0 Å². The van der Waals surface area contributed by atoms with E-state index >= 15 is 0 Å². The zero-order chi connectivity index (χ0) is 13.8. The van der Waals surface area contributed by atoms with Crippen molar-refractivity contribution in [2.75, 3.05) is 0 Å². The van der Waals surface area contributed by atoms with E-state index in [0.29, 0.717) is 5.92 Å². The van der Waals surface area contributed by atoms with Crippen LogP contribution in [0.2, 0.25) is 6.82 Å². The minimum absolute atomic E-state index is 0. The smallest absolute Gasteiger partial charge is 0.0606 e. The normalized spacial score (nSPS) is 8.78. The fourth-order valence-electron chi connectivity index (χ4n) is 1.68. The number of benzene rings is 2. The van der Waals surface area contributed by atoms with E-state index in [2.05, 4.69) is 75.4 Å². The van der Waals surface area contributed by atoms with Gasteiger partial charge in [-0.1, -0.05) is 89.2 Å². The van der Waals surface area contributed by atoms with Gasteiger partial charge in [-0.25, -0.2) is 0 Å². The van der Waals surface area contributed by atoms with E-state index in [1.165, 1.54) is 25.4 Å². The second-order valence-corrected chi connectivity index (χ2v) is 3.54. The second-order valence-electron chi connectivity index (χ2n) is 3.54. The standard InChI is InChI=1S/C14H14.CH3B.2CH4/c1-12(13-8-4-2-5-9-13)14-10-6-3-7-11-14;1-2;;/h2-12H,1H3;1H3;2*1H4/i;;1D;. The van der Waals surface area contributed by atoms with E-state index in [4.69, 9.17) is 1.37 Å². The molecular formula is C17H25B. The highest BCUT2D eigenvalue weighted by atomic mass is 14.1. The van der Waals surface area contributed by atoms with E-state index in [-0.39, 0.29) is 7.43 Å². The molecule has 18 heavy (non-hydrogen) atoms. The van der Waals surface area contributed by atoms with Crippen molar-refractivity contribution in [3.63, 3.8) is 0 Å². The van der Waals surface area contributed by atoms with Gasteiger partial charge in [0.05, 0.1) is 7.85 Å². The lowest BCUT2D eigenvalue weighted by molar-refractivity contribution is 0.922. The third kappa shape index (κ3) is 5.22. The van der Waals surface area contributed by atoms with Crippen LogP contribution < -0.4 is 0 Å². The summed E-state index contributed by atoms with van der Waals surface area (Å²) in [6.45, 7) is 3.74. The van der Waals surface area contributed by atoms with Gasteiger partial charge in [-0.05, 0) is 11.1 Å². The van der Waals surface area contributed by atoms with Gasteiger partial charge in [0.2, 0.25) is 0 Å². The lowest BCUT2D eigenvalue weighted by Crippen LogP contribution is -1.94. The molecule has 1 heteroatoms. The first kappa shape index (κ1) is 16.5. The van der Waals surface area contributed by atoms with Crippen molar-refractivity contribution in [1.82, 2.24) is 0 Å². The van der Waals surface area contributed by atoms with Crippen molar-refractivity contribution in [3.8, 4) is 0 Å². The Balaban J connectivity index is 0. The van der Waals surface area contributed by atoms with Crippen molar-refractivity contribution in [3.05, 3.63) is 71.8 Å². The first-order chi connectivity index (χ1) is 8.88. The summed E-state index contributed by atoms with van der Waals surface area (Å²) in [5, 5.41) is 0. The lowest BCUT2D eigenvalue weighted by Gasteiger charge is -2.11. The minimum atomic E-state index is 0. The van der Waals surface area contributed by atoms with Crippen molar-refractivity contribution in [1.29, 1.82) is 0 Å². The molecule has 0 atom stereocenters. The van der Waals surface area contributed by atoms with Crippen LogP contribution in [0.4, 0.5) is 0 Å². The summed E-state index contributed by atoms with van der Waals surface area (Å²) in [6, 6.07) is 21.2. The van der Waals surface area contributed by atoms with Crippen LogP contribution in [0, 0.1) is 0 Å². The average molecular weight is 241 g/mol. The van der Waals surface area contributed by atoms with Crippen LogP contribution in [0.1, 0.15) is 40.2 Å². The fourth-order valence-corrected chi connectivity index (χ4v) is 1.68. The molecule has 0 bridgehead atoms. The molecule has 2 rings (SSSR count). The van der Waals surface area contributed by atoms with Crippen LogP contribution in [-0.4, -0.2) is 7.85 Å². The van der Waals surface area contributed by atoms with Crippen LogP contribution >= 0.6 is 0 Å². The molecule has 0 aliphatic rings. The predicted molar refractivity (Wildman–Crippen MR) is 85.5 cm³/mol. The number of rotatable bonds is 2. The summed E-state index contributed by atoms with van der Waals surface area (Å²) in [6.07, 6.45) is 0. The molecular weight excluding hydrogens is 215 g/mol. The zero-order valence-corrected chi connectivity index (χ0v) is 10.9. The van der Waals surface area contributed by atoms with Crippen LogP contribution in [0.5, 0.6) is 0 Å². The Bertz CT molecular complexity index is 347. The van der Waals surface area contributed by atoms with Gasteiger partial charge in [0, 0.05) is 7.29 Å².